The van der Waals surface area contributed by atoms with Crippen molar-refractivity contribution in [1.29, 1.82) is 0 Å². The van der Waals surface area contributed by atoms with Crippen molar-refractivity contribution in [1.82, 2.24) is 0 Å². The van der Waals surface area contributed by atoms with Crippen molar-refractivity contribution in [3.05, 3.63) is 11.8 Å². The quantitative estimate of drug-likeness (QED) is 0.376. The monoisotopic (exact) mass is 230 g/mol. The van der Waals surface area contributed by atoms with Crippen LogP contribution in [0.3, 0.4) is 0 Å². The lowest BCUT2D eigenvalue weighted by Gasteiger charge is -2.07. The Morgan fingerprint density at radius 3 is 2.00 bits per heavy atom. The number of carbonyl (C=O) groups excluding carboxylic acids is 2. The molecule has 0 aromatic carbocycles. The number of hydrogen-bond acceptors (Lipinski definition) is 5. The van der Waals surface area contributed by atoms with E-state index >= 15 is 0 Å². The van der Waals surface area contributed by atoms with Crippen LogP contribution in [0.1, 0.15) is 27.2 Å². The maximum atomic E-state index is 11.2. The average molecular weight is 230 g/mol. The van der Waals surface area contributed by atoms with Gasteiger partial charge in [0.25, 0.3) is 0 Å². The molecule has 0 radical (unpaired) electrons. The van der Waals surface area contributed by atoms with Crippen LogP contribution in [0.15, 0.2) is 11.8 Å². The lowest BCUT2D eigenvalue weighted by Crippen LogP contribution is -2.09. The van der Waals surface area contributed by atoms with Crippen LogP contribution in [-0.2, 0) is 23.8 Å². The molecule has 0 aromatic rings. The Hall–Kier alpha value is -1.52. The first kappa shape index (κ1) is 14.5. The molecular formula is C11H18O5. The molecule has 0 aliphatic rings. The molecule has 0 fully saturated rings. The van der Waals surface area contributed by atoms with Crippen LogP contribution in [0, 0.1) is 0 Å². The lowest BCUT2D eigenvalue weighted by molar-refractivity contribution is -0.143. The number of esters is 2. The molecule has 5 nitrogen and oxygen atoms in total. The first-order valence-electron chi connectivity index (χ1n) is 5.29. The zero-order chi connectivity index (χ0) is 12.4. The fourth-order valence-corrected chi connectivity index (χ4v) is 0.999. The van der Waals surface area contributed by atoms with E-state index in [1.807, 2.05) is 0 Å². The van der Waals surface area contributed by atoms with Crippen molar-refractivity contribution in [3.63, 3.8) is 0 Å². The minimum absolute atomic E-state index is 0.0551. The van der Waals surface area contributed by atoms with Gasteiger partial charge in [0.05, 0.1) is 25.9 Å². The first-order valence-corrected chi connectivity index (χ1v) is 5.29. The highest BCUT2D eigenvalue weighted by molar-refractivity contribution is 5.84. The summed E-state index contributed by atoms with van der Waals surface area (Å²) in [5, 5.41) is 0. The molecule has 0 unspecified atom stereocenters. The number of ether oxygens (including phenoxy) is 3. The van der Waals surface area contributed by atoms with Gasteiger partial charge in [0, 0.05) is 0 Å². The van der Waals surface area contributed by atoms with Gasteiger partial charge >= 0.3 is 11.9 Å². The van der Waals surface area contributed by atoms with Crippen LogP contribution < -0.4 is 0 Å². The number of rotatable bonds is 7. The minimum atomic E-state index is -0.518. The molecule has 0 saturated heterocycles. The van der Waals surface area contributed by atoms with Crippen molar-refractivity contribution >= 4 is 11.9 Å². The molecule has 0 amide bonds. The number of hydrogen-bond donors (Lipinski definition) is 0. The summed E-state index contributed by atoms with van der Waals surface area (Å²) in [6.07, 6.45) is 1.12. The second kappa shape index (κ2) is 8.76. The average Bonchev–Trinajstić information content (AvgIpc) is 2.18. The molecule has 0 bridgehead atoms. The van der Waals surface area contributed by atoms with Gasteiger partial charge in [0.15, 0.2) is 0 Å². The topological polar surface area (TPSA) is 61.8 Å². The Morgan fingerprint density at radius 1 is 0.938 bits per heavy atom. The van der Waals surface area contributed by atoms with E-state index in [2.05, 4.69) is 0 Å². The van der Waals surface area contributed by atoms with Gasteiger partial charge in [0.1, 0.15) is 12.2 Å². The van der Waals surface area contributed by atoms with Gasteiger partial charge in [-0.15, -0.1) is 0 Å². The lowest BCUT2D eigenvalue weighted by atomic mass is 10.3. The molecule has 5 heteroatoms. The Labute approximate surface area is 95.4 Å². The first-order chi connectivity index (χ1) is 7.63. The molecule has 0 aromatic heterocycles. The maximum absolute atomic E-state index is 11.2. The predicted molar refractivity (Wildman–Crippen MR) is 57.6 cm³/mol. The highest BCUT2D eigenvalue weighted by Crippen LogP contribution is 2.06. The summed E-state index contributed by atoms with van der Waals surface area (Å²) in [7, 11) is 0. The van der Waals surface area contributed by atoms with Crippen molar-refractivity contribution in [2.24, 2.45) is 0 Å². The van der Waals surface area contributed by atoms with Crippen LogP contribution in [0.2, 0.25) is 0 Å². The molecule has 92 valence electrons. The van der Waals surface area contributed by atoms with E-state index in [0.29, 0.717) is 13.2 Å². The molecule has 0 atom stereocenters. The van der Waals surface area contributed by atoms with Gasteiger partial charge < -0.3 is 14.2 Å². The molecule has 0 heterocycles. The Balaban J connectivity index is 4.35. The fraction of sp³-hybridized carbons (Fsp3) is 0.636. The van der Waals surface area contributed by atoms with E-state index in [9.17, 15) is 9.59 Å². The second-order valence-electron chi connectivity index (χ2n) is 2.78. The van der Waals surface area contributed by atoms with E-state index in [1.165, 1.54) is 6.08 Å². The summed E-state index contributed by atoms with van der Waals surface area (Å²) < 4.78 is 14.6. The summed E-state index contributed by atoms with van der Waals surface area (Å²) in [5.74, 6) is -0.679. The third-order valence-electron chi connectivity index (χ3n) is 1.52. The molecule has 0 spiro atoms. The summed E-state index contributed by atoms with van der Waals surface area (Å²) in [6, 6.07) is 0. The second-order valence-corrected chi connectivity index (χ2v) is 2.78. The van der Waals surface area contributed by atoms with Gasteiger partial charge in [-0.2, -0.15) is 0 Å². The number of carbonyl (C=O) groups is 2. The van der Waals surface area contributed by atoms with Crippen molar-refractivity contribution < 1.29 is 23.8 Å². The Bertz CT molecular complexity index is 257. The third-order valence-corrected chi connectivity index (χ3v) is 1.52. The predicted octanol–water partition coefficient (Wildman–Crippen LogP) is 1.42. The van der Waals surface area contributed by atoms with Crippen molar-refractivity contribution in [2.75, 3.05) is 19.8 Å². The van der Waals surface area contributed by atoms with Crippen LogP contribution in [-0.4, -0.2) is 31.8 Å². The van der Waals surface area contributed by atoms with E-state index in [4.69, 9.17) is 14.2 Å². The van der Waals surface area contributed by atoms with Crippen molar-refractivity contribution in [3.8, 4) is 0 Å². The molecule has 0 saturated carbocycles. The highest BCUT2D eigenvalue weighted by atomic mass is 16.5. The molecule has 0 N–H and O–H groups in total. The van der Waals surface area contributed by atoms with Gasteiger partial charge in [-0.05, 0) is 20.8 Å². The standard InChI is InChI=1S/C11H18O5/c1-4-14-9(7-10(12)15-5-2)8-11(13)16-6-3/h7H,4-6,8H2,1-3H3/b9-7-. The smallest absolute Gasteiger partial charge is 0.334 e. The van der Waals surface area contributed by atoms with Crippen LogP contribution >= 0.6 is 0 Å². The third kappa shape index (κ3) is 6.86. The normalized spacial score (nSPS) is 10.8. The largest absolute Gasteiger partial charge is 0.497 e. The van der Waals surface area contributed by atoms with Gasteiger partial charge in [-0.3, -0.25) is 4.79 Å². The van der Waals surface area contributed by atoms with E-state index in [0.717, 1.165) is 0 Å². The maximum Gasteiger partial charge on any atom is 0.334 e. The molecular weight excluding hydrogens is 212 g/mol. The van der Waals surface area contributed by atoms with Crippen LogP contribution in [0.4, 0.5) is 0 Å². The summed E-state index contributed by atoms with van der Waals surface area (Å²) >= 11 is 0. The summed E-state index contributed by atoms with van der Waals surface area (Å²) in [4.78, 5) is 22.3. The fourth-order valence-electron chi connectivity index (χ4n) is 0.999. The molecule has 0 aliphatic heterocycles. The Kier molecular flexibility index (Phi) is 7.93. The highest BCUT2D eigenvalue weighted by Gasteiger charge is 2.10. The SMILES string of the molecule is CCOC(=O)/C=C(/CC(=O)OCC)OCC. The van der Waals surface area contributed by atoms with Gasteiger partial charge in [-0.1, -0.05) is 0 Å². The zero-order valence-electron chi connectivity index (χ0n) is 9.95. The molecule has 16 heavy (non-hydrogen) atoms. The molecule has 0 aliphatic carbocycles. The van der Waals surface area contributed by atoms with E-state index in [-0.39, 0.29) is 18.8 Å². The Morgan fingerprint density at radius 2 is 1.50 bits per heavy atom. The van der Waals surface area contributed by atoms with Crippen LogP contribution in [0.25, 0.3) is 0 Å². The molecule has 0 rings (SSSR count). The van der Waals surface area contributed by atoms with E-state index < -0.39 is 11.9 Å². The van der Waals surface area contributed by atoms with Gasteiger partial charge in [0.2, 0.25) is 0 Å². The summed E-state index contributed by atoms with van der Waals surface area (Å²) in [5.41, 5.74) is 0. The minimum Gasteiger partial charge on any atom is -0.497 e. The van der Waals surface area contributed by atoms with Crippen molar-refractivity contribution in [2.45, 2.75) is 27.2 Å². The van der Waals surface area contributed by atoms with E-state index in [1.54, 1.807) is 20.8 Å². The summed E-state index contributed by atoms with van der Waals surface area (Å²) in [6.45, 7) is 6.16. The van der Waals surface area contributed by atoms with Gasteiger partial charge in [-0.25, -0.2) is 4.79 Å². The van der Waals surface area contributed by atoms with Crippen LogP contribution in [0.5, 0.6) is 0 Å². The zero-order valence-corrected chi connectivity index (χ0v) is 9.95.